The SMILES string of the molecule is OB(O)c1cc2c(c3ccccc13)-c1c(cc(B(O)O)c3ccccc13)OCCCO2. The Hall–Kier alpha value is -3.03. The quantitative estimate of drug-likeness (QED) is 0.368. The van der Waals surface area contributed by atoms with Crippen LogP contribution < -0.4 is 20.4 Å². The van der Waals surface area contributed by atoms with Crippen molar-refractivity contribution in [1.29, 1.82) is 0 Å². The maximum Gasteiger partial charge on any atom is 0.489 e. The number of fused-ring (bicyclic) bond motifs is 7. The van der Waals surface area contributed by atoms with E-state index in [0.29, 0.717) is 52.8 Å². The summed E-state index contributed by atoms with van der Waals surface area (Å²) in [5, 5.41) is 42.9. The minimum absolute atomic E-state index is 0.364. The standard InChI is InChI=1S/C23H20B2O6/c26-24(27)18-12-20-22(16-8-3-1-6-14(16)18)23-17-9-4-2-7-15(17)19(25(28)29)13-21(23)31-11-5-10-30-20/h1-4,6-9,12-13,26-29H,5,10-11H2. The number of hydrogen-bond acceptors (Lipinski definition) is 6. The molecule has 0 amide bonds. The summed E-state index contributed by atoms with van der Waals surface area (Å²) in [6, 6.07) is 18.3. The molecule has 4 aromatic carbocycles. The Bertz CT molecular complexity index is 1190. The fourth-order valence-corrected chi connectivity index (χ4v) is 4.35. The zero-order valence-electron chi connectivity index (χ0n) is 16.7. The van der Waals surface area contributed by atoms with Gasteiger partial charge in [0, 0.05) is 17.5 Å². The third-order valence-electron chi connectivity index (χ3n) is 5.69. The topological polar surface area (TPSA) is 99.4 Å². The largest absolute Gasteiger partial charge is 0.493 e. The minimum Gasteiger partial charge on any atom is -0.493 e. The van der Waals surface area contributed by atoms with Gasteiger partial charge in [-0.15, -0.1) is 0 Å². The van der Waals surface area contributed by atoms with Gasteiger partial charge in [-0.05, 0) is 44.6 Å². The van der Waals surface area contributed by atoms with Crippen molar-refractivity contribution < 1.29 is 29.6 Å². The summed E-state index contributed by atoms with van der Waals surface area (Å²) in [5.74, 6) is 1.05. The van der Waals surface area contributed by atoms with Crippen molar-refractivity contribution in [3.63, 3.8) is 0 Å². The molecule has 0 saturated carbocycles. The molecule has 1 aliphatic heterocycles. The van der Waals surface area contributed by atoms with Crippen LogP contribution in [0.4, 0.5) is 0 Å². The summed E-state index contributed by atoms with van der Waals surface area (Å²) in [6.07, 6.45) is 0.618. The monoisotopic (exact) mass is 414 g/mol. The summed E-state index contributed by atoms with van der Waals surface area (Å²) >= 11 is 0. The molecule has 1 heterocycles. The molecule has 0 unspecified atom stereocenters. The van der Waals surface area contributed by atoms with Crippen LogP contribution in [0.25, 0.3) is 32.7 Å². The van der Waals surface area contributed by atoms with Gasteiger partial charge >= 0.3 is 14.2 Å². The fourth-order valence-electron chi connectivity index (χ4n) is 4.35. The number of rotatable bonds is 2. The highest BCUT2D eigenvalue weighted by Crippen LogP contribution is 2.45. The molecule has 0 fully saturated rings. The highest BCUT2D eigenvalue weighted by atomic mass is 16.5. The average Bonchev–Trinajstić information content (AvgIpc) is 2.86. The number of hydrogen-bond donors (Lipinski definition) is 4. The molecule has 0 saturated heterocycles. The molecule has 0 radical (unpaired) electrons. The van der Waals surface area contributed by atoms with Gasteiger partial charge < -0.3 is 29.6 Å². The lowest BCUT2D eigenvalue weighted by Crippen LogP contribution is -2.31. The first kappa shape index (κ1) is 19.9. The van der Waals surface area contributed by atoms with E-state index in [4.69, 9.17) is 9.47 Å². The second kappa shape index (κ2) is 7.90. The highest BCUT2D eigenvalue weighted by molar-refractivity contribution is 6.63. The molecule has 0 atom stereocenters. The third kappa shape index (κ3) is 3.34. The lowest BCUT2D eigenvalue weighted by Gasteiger charge is -2.21. The Morgan fingerprint density at radius 1 is 0.581 bits per heavy atom. The van der Waals surface area contributed by atoms with Gasteiger partial charge in [0.05, 0.1) is 13.2 Å². The van der Waals surface area contributed by atoms with Gasteiger partial charge in [-0.25, -0.2) is 0 Å². The van der Waals surface area contributed by atoms with E-state index < -0.39 is 14.2 Å². The zero-order chi connectivity index (χ0) is 21.5. The van der Waals surface area contributed by atoms with Crippen LogP contribution in [0.15, 0.2) is 60.7 Å². The van der Waals surface area contributed by atoms with Crippen LogP contribution in [0.5, 0.6) is 11.5 Å². The highest BCUT2D eigenvalue weighted by Gasteiger charge is 2.27. The van der Waals surface area contributed by atoms with Crippen LogP contribution in [0.1, 0.15) is 6.42 Å². The lowest BCUT2D eigenvalue weighted by molar-refractivity contribution is 0.252. The Morgan fingerprint density at radius 3 is 1.35 bits per heavy atom. The molecular formula is C23H20B2O6. The van der Waals surface area contributed by atoms with Crippen molar-refractivity contribution in [3.8, 4) is 22.6 Å². The molecule has 0 aromatic heterocycles. The molecule has 8 heteroatoms. The molecule has 0 aliphatic carbocycles. The van der Waals surface area contributed by atoms with E-state index in [1.165, 1.54) is 0 Å². The Morgan fingerprint density at radius 2 is 0.968 bits per heavy atom. The predicted molar refractivity (Wildman–Crippen MR) is 122 cm³/mol. The first-order valence-electron chi connectivity index (χ1n) is 10.2. The predicted octanol–water partition coefficient (Wildman–Crippen LogP) is 1.18. The Balaban J connectivity index is 1.97. The summed E-state index contributed by atoms with van der Waals surface area (Å²) in [7, 11) is -3.29. The molecular weight excluding hydrogens is 394 g/mol. The third-order valence-corrected chi connectivity index (χ3v) is 5.69. The van der Waals surface area contributed by atoms with E-state index in [0.717, 1.165) is 21.9 Å². The average molecular weight is 414 g/mol. The summed E-state index contributed by atoms with van der Waals surface area (Å²) in [4.78, 5) is 0. The second-order valence-electron chi connectivity index (χ2n) is 7.57. The van der Waals surface area contributed by atoms with Gasteiger partial charge in [-0.2, -0.15) is 0 Å². The molecule has 6 nitrogen and oxygen atoms in total. The van der Waals surface area contributed by atoms with Crippen molar-refractivity contribution in [3.05, 3.63) is 60.7 Å². The fraction of sp³-hybridized carbons (Fsp3) is 0.130. The number of benzene rings is 4. The number of ether oxygens (including phenoxy) is 2. The summed E-state index contributed by atoms with van der Waals surface area (Å²) in [5.41, 5.74) is 2.27. The van der Waals surface area contributed by atoms with Crippen LogP contribution in [0.2, 0.25) is 0 Å². The molecule has 31 heavy (non-hydrogen) atoms. The Labute approximate surface area is 179 Å². The Kier molecular flexibility index (Phi) is 5.08. The van der Waals surface area contributed by atoms with Crippen LogP contribution >= 0.6 is 0 Å². The molecule has 154 valence electrons. The normalized spacial score (nSPS) is 13.3. The summed E-state index contributed by atoms with van der Waals surface area (Å²) < 4.78 is 12.2. The maximum absolute atomic E-state index is 9.99. The van der Waals surface area contributed by atoms with E-state index in [1.807, 2.05) is 48.5 Å². The minimum atomic E-state index is -1.65. The smallest absolute Gasteiger partial charge is 0.489 e. The van der Waals surface area contributed by atoms with Gasteiger partial charge in [-0.1, -0.05) is 48.5 Å². The van der Waals surface area contributed by atoms with Gasteiger partial charge in [0.2, 0.25) is 0 Å². The van der Waals surface area contributed by atoms with Gasteiger partial charge in [0.25, 0.3) is 0 Å². The molecule has 4 aromatic rings. The van der Waals surface area contributed by atoms with Gasteiger partial charge in [-0.3, -0.25) is 0 Å². The van der Waals surface area contributed by atoms with Crippen LogP contribution in [0.3, 0.4) is 0 Å². The van der Waals surface area contributed by atoms with Crippen molar-refractivity contribution in [2.45, 2.75) is 6.42 Å². The van der Waals surface area contributed by atoms with Crippen LogP contribution in [-0.4, -0.2) is 47.5 Å². The van der Waals surface area contributed by atoms with E-state index in [1.54, 1.807) is 12.1 Å². The van der Waals surface area contributed by atoms with Crippen molar-refractivity contribution in [1.82, 2.24) is 0 Å². The van der Waals surface area contributed by atoms with E-state index in [-0.39, 0.29) is 0 Å². The molecule has 0 spiro atoms. The first-order chi connectivity index (χ1) is 15.1. The molecule has 4 N–H and O–H groups in total. The van der Waals surface area contributed by atoms with Crippen molar-refractivity contribution in [2.24, 2.45) is 0 Å². The summed E-state index contributed by atoms with van der Waals surface area (Å²) in [6.45, 7) is 0.793. The maximum atomic E-state index is 9.99. The van der Waals surface area contributed by atoms with Gasteiger partial charge in [0.15, 0.2) is 0 Å². The van der Waals surface area contributed by atoms with E-state index in [9.17, 15) is 20.1 Å². The first-order valence-corrected chi connectivity index (χ1v) is 10.2. The zero-order valence-corrected chi connectivity index (χ0v) is 16.7. The van der Waals surface area contributed by atoms with Crippen molar-refractivity contribution in [2.75, 3.05) is 13.2 Å². The van der Waals surface area contributed by atoms with Gasteiger partial charge in [0.1, 0.15) is 11.5 Å². The lowest BCUT2D eigenvalue weighted by atomic mass is 9.73. The molecule has 0 bridgehead atoms. The molecule has 1 aliphatic rings. The second-order valence-corrected chi connectivity index (χ2v) is 7.57. The van der Waals surface area contributed by atoms with E-state index in [2.05, 4.69) is 0 Å². The van der Waals surface area contributed by atoms with Crippen molar-refractivity contribution >= 4 is 46.7 Å². The van der Waals surface area contributed by atoms with Crippen LogP contribution in [0, 0.1) is 0 Å². The van der Waals surface area contributed by atoms with E-state index >= 15 is 0 Å². The molecule has 5 rings (SSSR count). The van der Waals surface area contributed by atoms with Crippen LogP contribution in [-0.2, 0) is 0 Å².